The number of nitrogens with two attached hydrogens (primary N) is 3. The van der Waals surface area contributed by atoms with E-state index in [1.54, 1.807) is 116 Å². The SMILES string of the molecule is Cc1ccc(C(=O)Nc2cc(Cl)c(OCCN(C)C)c(Cl)c2)cc1C#Cc1c(N)ncc2ccc(Cl)cc12.Cc1ccc(C(=O)Nc2ccc(CN3CCN(C)CC3)c(C(F)(F)F)c2)cc1C#Cc1c(N)ncc2cc(Cl)c(Cl)cc12.Cc1ccc(C(=O)Nc2ccc(OCCN(C)C)nc2)cc1C#Cc1c(N)ncc2ccc(Cl)cc12. The minimum absolute atomic E-state index is 0.0535. The van der Waals surface area contributed by atoms with E-state index in [1.807, 2.05) is 107 Å². The summed E-state index contributed by atoms with van der Waals surface area (Å²) >= 11 is 37.5. The van der Waals surface area contributed by atoms with Crippen LogP contribution >= 0.6 is 69.6 Å². The summed E-state index contributed by atoms with van der Waals surface area (Å²) in [4.78, 5) is 64.2. The van der Waals surface area contributed by atoms with Gasteiger partial charge in [0.05, 0.1) is 54.2 Å². The number of pyridine rings is 4. The second-order valence-electron chi connectivity index (χ2n) is 28.0. The Hall–Kier alpha value is -11.4. The number of halogens is 9. The molecule has 13 rings (SSSR count). The molecule has 0 bridgehead atoms. The molecule has 19 nitrogen and oxygen atoms in total. The van der Waals surface area contributed by atoms with Gasteiger partial charge in [-0.3, -0.25) is 19.3 Å². The van der Waals surface area contributed by atoms with E-state index in [4.69, 9.17) is 96.3 Å². The number of aromatic nitrogens is 4. The van der Waals surface area contributed by atoms with Gasteiger partial charge in [-0.15, -0.1) is 0 Å². The first-order valence-corrected chi connectivity index (χ1v) is 38.7. The quantitative estimate of drug-likeness (QED) is 0.0492. The second kappa shape index (κ2) is 39.0. The smallest absolute Gasteiger partial charge is 0.416 e. The maximum Gasteiger partial charge on any atom is 0.416 e. The average Bonchev–Trinajstić information content (AvgIpc) is 0.792. The predicted molar refractivity (Wildman–Crippen MR) is 467 cm³/mol. The number of benzene rings is 8. The first kappa shape index (κ1) is 86.5. The van der Waals surface area contributed by atoms with Crippen molar-refractivity contribution >= 4 is 154 Å². The fourth-order valence-electron chi connectivity index (χ4n) is 12.0. The summed E-state index contributed by atoms with van der Waals surface area (Å²) in [5.74, 6) is 19.2. The van der Waals surface area contributed by atoms with Crippen molar-refractivity contribution in [1.82, 2.24) is 39.5 Å². The van der Waals surface area contributed by atoms with Crippen molar-refractivity contribution in [3.05, 3.63) is 278 Å². The van der Waals surface area contributed by atoms with Gasteiger partial charge in [0.1, 0.15) is 30.7 Å². The van der Waals surface area contributed by atoms with Gasteiger partial charge in [0, 0.05) is 158 Å². The Kier molecular flexibility index (Phi) is 28.8. The molecule has 598 valence electrons. The summed E-state index contributed by atoms with van der Waals surface area (Å²) in [5, 5.41) is 15.6. The summed E-state index contributed by atoms with van der Waals surface area (Å²) in [7, 11) is 9.83. The van der Waals surface area contributed by atoms with Crippen molar-refractivity contribution in [2.45, 2.75) is 33.5 Å². The number of carbonyl (C=O) groups is 3. The molecule has 1 fully saturated rings. The molecule has 1 aliphatic rings. The lowest BCUT2D eigenvalue weighted by atomic mass is 10.0. The highest BCUT2D eigenvalue weighted by atomic mass is 35.5. The molecule has 0 radical (unpaired) electrons. The van der Waals surface area contributed by atoms with Crippen LogP contribution in [-0.4, -0.2) is 145 Å². The highest BCUT2D eigenvalue weighted by Crippen LogP contribution is 2.39. The van der Waals surface area contributed by atoms with Crippen LogP contribution in [0.1, 0.15) is 92.3 Å². The first-order chi connectivity index (χ1) is 55.8. The summed E-state index contributed by atoms with van der Waals surface area (Å²) in [5.41, 5.74) is 26.2. The van der Waals surface area contributed by atoms with E-state index in [-0.39, 0.29) is 41.0 Å². The third kappa shape index (κ3) is 23.0. The molecule has 3 amide bonds. The number of piperazine rings is 1. The largest absolute Gasteiger partial charge is 0.489 e. The standard InChI is InChI=1S/C32H28Cl2F3N5O.C29H25Cl3N4O2.C28H26ClN5O2/c1-19-3-4-21(13-20(19)6-8-25-26-16-29(34)28(33)14-23(26)17-39-30(25)38)31(43)40-24-7-5-22(27(15-24)32(35,36)37)18-42-11-9-41(2)10-12-42;1-17-4-5-19(29(37)35-22-14-25(31)27(26(32)15-22)38-11-10-36(2)3)12-18(17)7-9-23-24-13-21(30)8-6-20(24)16-34-28(23)33;1-18-4-5-20(28(35)33-23-9-11-26(31-17-23)36-13-12-34(2)3)14-19(18)7-10-24-25-15-22(29)8-6-21(25)16-32-27(24)30/h3-5,7,13-17H,9-12,18H2,1-2H3,(H2,38,39)(H,40,43);4-6,8,12-16H,10-11H2,1-3H3,(H2,33,34)(H,35,37);4-6,8-9,11,14-17H,12-13H2,1-3H3,(H2,30,32)(H,33,35). The van der Waals surface area contributed by atoms with Gasteiger partial charge in [-0.2, -0.15) is 13.2 Å². The zero-order chi connectivity index (χ0) is 83.9. The molecule has 0 aliphatic carbocycles. The number of nitrogen functional groups attached to an aromatic ring is 3. The van der Waals surface area contributed by atoms with Gasteiger partial charge in [0.15, 0.2) is 5.75 Å². The van der Waals surface area contributed by atoms with Crippen molar-refractivity contribution in [3.63, 3.8) is 0 Å². The van der Waals surface area contributed by atoms with Crippen LogP contribution in [0.5, 0.6) is 11.6 Å². The lowest BCUT2D eigenvalue weighted by molar-refractivity contribution is -0.138. The molecule has 0 saturated carbocycles. The third-order valence-electron chi connectivity index (χ3n) is 18.7. The van der Waals surface area contributed by atoms with Gasteiger partial charge in [-0.05, 0) is 181 Å². The van der Waals surface area contributed by atoms with Gasteiger partial charge in [-0.25, -0.2) is 19.9 Å². The summed E-state index contributed by atoms with van der Waals surface area (Å²) in [6.45, 7) is 11.3. The second-order valence-corrected chi connectivity index (χ2v) is 30.5. The average molecular weight is 1690 g/mol. The van der Waals surface area contributed by atoms with E-state index in [9.17, 15) is 27.6 Å². The summed E-state index contributed by atoms with van der Waals surface area (Å²) in [6, 6.07) is 40.5. The fraction of sp³-hybridized carbons (Fsp3) is 0.202. The Bertz CT molecular complexity index is 5960. The molecule has 1 saturated heterocycles. The van der Waals surface area contributed by atoms with E-state index in [1.165, 1.54) is 12.1 Å². The minimum Gasteiger partial charge on any atom is -0.489 e. The molecular weight excluding hydrogens is 1610 g/mol. The van der Waals surface area contributed by atoms with Gasteiger partial charge >= 0.3 is 6.18 Å². The minimum atomic E-state index is -4.57. The Balaban J connectivity index is 0.000000173. The zero-order valence-corrected chi connectivity index (χ0v) is 69.3. The Morgan fingerprint density at radius 2 is 0.889 bits per heavy atom. The first-order valence-electron chi connectivity index (χ1n) is 36.4. The van der Waals surface area contributed by atoms with Crippen molar-refractivity contribution in [1.29, 1.82) is 0 Å². The van der Waals surface area contributed by atoms with Gasteiger partial charge in [0.25, 0.3) is 17.7 Å². The van der Waals surface area contributed by atoms with Crippen LogP contribution in [0.25, 0.3) is 32.3 Å². The van der Waals surface area contributed by atoms with Gasteiger partial charge in [0.2, 0.25) is 5.88 Å². The Morgan fingerprint density at radius 3 is 1.34 bits per heavy atom. The number of hydrogen-bond acceptors (Lipinski definition) is 16. The van der Waals surface area contributed by atoms with Crippen LogP contribution in [-0.2, 0) is 12.7 Å². The summed E-state index contributed by atoms with van der Waals surface area (Å²) < 4.78 is 53.3. The molecule has 0 unspecified atom stereocenters. The topological polar surface area (TPSA) is 248 Å². The van der Waals surface area contributed by atoms with Crippen LogP contribution in [0.2, 0.25) is 30.1 Å². The normalized spacial score (nSPS) is 12.1. The number of hydrogen-bond donors (Lipinski definition) is 6. The molecule has 0 atom stereocenters. The summed E-state index contributed by atoms with van der Waals surface area (Å²) in [6.07, 6.45) is 1.96. The van der Waals surface area contributed by atoms with E-state index in [0.29, 0.717) is 153 Å². The highest BCUT2D eigenvalue weighted by molar-refractivity contribution is 6.43. The van der Waals surface area contributed by atoms with Gasteiger partial charge < -0.3 is 57.3 Å². The number of rotatable bonds is 16. The van der Waals surface area contributed by atoms with Crippen molar-refractivity contribution in [3.8, 4) is 47.2 Å². The molecular formula is C89H79Cl6F3N14O5. The lowest BCUT2D eigenvalue weighted by Crippen LogP contribution is -2.44. The molecule has 1 aliphatic heterocycles. The zero-order valence-electron chi connectivity index (χ0n) is 64.8. The number of nitrogens with zero attached hydrogens (tertiary/aromatic N) is 8. The van der Waals surface area contributed by atoms with Crippen molar-refractivity contribution in [2.24, 2.45) is 0 Å². The number of likely N-dealkylation sites (N-methyl/N-ethyl adjacent to an activating group) is 3. The predicted octanol–water partition coefficient (Wildman–Crippen LogP) is 18.3. The van der Waals surface area contributed by atoms with Gasteiger partial charge in [-0.1, -0.05) is 142 Å². The lowest BCUT2D eigenvalue weighted by Gasteiger charge is -2.33. The molecule has 5 heterocycles. The molecule has 9 N–H and O–H groups in total. The number of anilines is 6. The van der Waals surface area contributed by atoms with Crippen LogP contribution in [0, 0.1) is 56.3 Å². The third-order valence-corrected chi connectivity index (χ3v) is 20.4. The maximum absolute atomic E-state index is 14.0. The van der Waals surface area contributed by atoms with Crippen molar-refractivity contribution in [2.75, 3.05) is 121 Å². The molecule has 117 heavy (non-hydrogen) atoms. The number of aryl methyl sites for hydroxylation is 3. The van der Waals surface area contributed by atoms with Crippen molar-refractivity contribution < 1.29 is 37.0 Å². The molecule has 0 spiro atoms. The van der Waals surface area contributed by atoms with E-state index < -0.39 is 17.6 Å². The maximum atomic E-state index is 14.0. The van der Waals surface area contributed by atoms with Crippen LogP contribution in [0.15, 0.2) is 170 Å². The number of alkyl halides is 3. The van der Waals surface area contributed by atoms with Crippen LogP contribution < -0.4 is 42.6 Å². The van der Waals surface area contributed by atoms with Crippen LogP contribution in [0.3, 0.4) is 0 Å². The van der Waals surface area contributed by atoms with E-state index in [2.05, 4.69) is 76.3 Å². The number of nitrogens with one attached hydrogen (secondary N) is 3. The van der Waals surface area contributed by atoms with Crippen LogP contribution in [0.4, 0.5) is 47.7 Å². The monoisotopic (exact) mass is 1690 g/mol. The molecule has 4 aromatic heterocycles. The number of carbonyl (C=O) groups excluding carboxylic acids is 3. The molecule has 8 aromatic carbocycles. The number of amides is 3. The highest BCUT2D eigenvalue weighted by Gasteiger charge is 2.35. The number of ether oxygens (including phenoxy) is 2. The van der Waals surface area contributed by atoms with E-state index in [0.717, 1.165) is 63.9 Å². The number of fused-ring (bicyclic) bond motifs is 3. The Morgan fingerprint density at radius 1 is 0.462 bits per heavy atom. The Labute approximate surface area is 705 Å². The fourth-order valence-corrected chi connectivity index (χ4v) is 13.3. The molecule has 12 aromatic rings. The molecule has 28 heteroatoms. The van der Waals surface area contributed by atoms with E-state index >= 15 is 0 Å².